The van der Waals surface area contributed by atoms with Gasteiger partial charge < -0.3 is 4.74 Å². The second-order valence-electron chi connectivity index (χ2n) is 6.77. The van der Waals surface area contributed by atoms with E-state index in [4.69, 9.17) is 10.3 Å². The zero-order chi connectivity index (χ0) is 16.9. The van der Waals surface area contributed by atoms with Crippen molar-refractivity contribution in [3.63, 3.8) is 0 Å². The highest BCUT2D eigenvalue weighted by molar-refractivity contribution is 8.00. The number of carbonyl (C=O) groups is 2. The molecule has 120 valence electrons. The number of thioether (sulfide) groups is 1. The number of ether oxygens (including phenoxy) is 1. The van der Waals surface area contributed by atoms with Crippen LogP contribution in [-0.2, 0) is 14.3 Å². The van der Waals surface area contributed by atoms with Gasteiger partial charge in [-0.1, -0.05) is 41.5 Å². The second-order valence-corrected chi connectivity index (χ2v) is 8.57. The largest absolute Gasteiger partial charge is 0.465 e. The standard InChI is InChI=1S/C14H25N3O3S/c1-8-20-11(19)14(12(2,3)4,10(18)16-17-15)9-21-13(5,6)7/h8-9H2,1-7H3. The Morgan fingerprint density at radius 1 is 1.19 bits per heavy atom. The maximum Gasteiger partial charge on any atom is 0.321 e. The summed E-state index contributed by atoms with van der Waals surface area (Å²) in [5, 5.41) is 3.20. The van der Waals surface area contributed by atoms with Gasteiger partial charge in [0.2, 0.25) is 5.91 Å². The van der Waals surface area contributed by atoms with Crippen LogP contribution in [0.4, 0.5) is 0 Å². The van der Waals surface area contributed by atoms with Gasteiger partial charge >= 0.3 is 5.97 Å². The van der Waals surface area contributed by atoms with E-state index < -0.39 is 22.7 Å². The van der Waals surface area contributed by atoms with Crippen molar-refractivity contribution in [1.82, 2.24) is 0 Å². The predicted octanol–water partition coefficient (Wildman–Crippen LogP) is 3.95. The third-order valence-corrected chi connectivity index (χ3v) is 4.57. The predicted molar refractivity (Wildman–Crippen MR) is 84.9 cm³/mol. The molecule has 0 rings (SSSR count). The number of amides is 1. The monoisotopic (exact) mass is 315 g/mol. The third kappa shape index (κ3) is 4.93. The fourth-order valence-corrected chi connectivity index (χ4v) is 3.08. The number of nitrogens with zero attached hydrogens (tertiary/aromatic N) is 3. The number of esters is 1. The number of hydrogen-bond acceptors (Lipinski definition) is 4. The van der Waals surface area contributed by atoms with E-state index in [2.05, 4.69) is 10.0 Å². The van der Waals surface area contributed by atoms with Crippen molar-refractivity contribution in [2.45, 2.75) is 53.2 Å². The molecule has 1 unspecified atom stereocenters. The van der Waals surface area contributed by atoms with Crippen LogP contribution in [0, 0.1) is 10.8 Å². The molecule has 1 atom stereocenters. The van der Waals surface area contributed by atoms with Gasteiger partial charge in [-0.05, 0) is 23.0 Å². The van der Waals surface area contributed by atoms with Crippen LogP contribution >= 0.6 is 11.8 Å². The van der Waals surface area contributed by atoms with E-state index in [0.717, 1.165) is 0 Å². The zero-order valence-electron chi connectivity index (χ0n) is 13.9. The molecule has 0 aromatic carbocycles. The molecule has 0 saturated heterocycles. The molecule has 6 nitrogen and oxygen atoms in total. The van der Waals surface area contributed by atoms with Crippen molar-refractivity contribution >= 4 is 23.6 Å². The zero-order valence-corrected chi connectivity index (χ0v) is 14.7. The van der Waals surface area contributed by atoms with Crippen molar-refractivity contribution in [2.24, 2.45) is 15.9 Å². The van der Waals surface area contributed by atoms with Gasteiger partial charge in [-0.2, -0.15) is 11.8 Å². The molecule has 0 saturated carbocycles. The molecule has 0 radical (unpaired) electrons. The highest BCUT2D eigenvalue weighted by Crippen LogP contribution is 2.46. The van der Waals surface area contributed by atoms with Crippen LogP contribution in [0.1, 0.15) is 48.5 Å². The minimum atomic E-state index is -1.49. The first-order valence-electron chi connectivity index (χ1n) is 6.83. The van der Waals surface area contributed by atoms with E-state index in [1.807, 2.05) is 20.8 Å². The highest BCUT2D eigenvalue weighted by atomic mass is 32.2. The molecule has 0 fully saturated rings. The first-order valence-corrected chi connectivity index (χ1v) is 7.81. The van der Waals surface area contributed by atoms with E-state index in [1.165, 1.54) is 11.8 Å². The Balaban J connectivity index is 5.92. The normalized spacial score (nSPS) is 14.8. The number of hydrogen-bond donors (Lipinski definition) is 0. The van der Waals surface area contributed by atoms with Gasteiger partial charge in [-0.3, -0.25) is 9.59 Å². The molecule has 1 amide bonds. The Kier molecular flexibility index (Phi) is 6.77. The Bertz CT molecular complexity index is 445. The summed E-state index contributed by atoms with van der Waals surface area (Å²) in [5.41, 5.74) is 6.36. The number of rotatable bonds is 5. The molecule has 0 aliphatic rings. The summed E-state index contributed by atoms with van der Waals surface area (Å²) in [4.78, 5) is 27.5. The second kappa shape index (κ2) is 7.18. The van der Waals surface area contributed by atoms with E-state index in [9.17, 15) is 9.59 Å². The summed E-state index contributed by atoms with van der Waals surface area (Å²) in [7, 11) is 0. The first kappa shape index (κ1) is 19.8. The van der Waals surface area contributed by atoms with Gasteiger partial charge in [0.25, 0.3) is 0 Å². The van der Waals surface area contributed by atoms with E-state index in [-0.39, 0.29) is 17.1 Å². The van der Waals surface area contributed by atoms with Gasteiger partial charge in [0.15, 0.2) is 0 Å². The van der Waals surface area contributed by atoms with Crippen LogP contribution in [0.15, 0.2) is 5.11 Å². The smallest absolute Gasteiger partial charge is 0.321 e. The van der Waals surface area contributed by atoms with Crippen LogP contribution < -0.4 is 0 Å². The molecule has 0 N–H and O–H groups in total. The van der Waals surface area contributed by atoms with Crippen LogP contribution in [0.5, 0.6) is 0 Å². The van der Waals surface area contributed by atoms with Crippen LogP contribution in [0.3, 0.4) is 0 Å². The molecule has 0 bridgehead atoms. The van der Waals surface area contributed by atoms with Gasteiger partial charge in [-0.15, -0.1) is 0 Å². The summed E-state index contributed by atoms with van der Waals surface area (Å²) in [6, 6.07) is 0. The van der Waals surface area contributed by atoms with Gasteiger partial charge in [0.1, 0.15) is 5.41 Å². The summed E-state index contributed by atoms with van der Waals surface area (Å²) in [6.07, 6.45) is 0. The minimum absolute atomic E-state index is 0.139. The number of azide groups is 1. The topological polar surface area (TPSA) is 92.1 Å². The molecule has 0 aliphatic heterocycles. The van der Waals surface area contributed by atoms with Crippen LogP contribution in [-0.4, -0.2) is 29.0 Å². The Morgan fingerprint density at radius 2 is 1.71 bits per heavy atom. The Morgan fingerprint density at radius 3 is 2.05 bits per heavy atom. The average molecular weight is 315 g/mol. The van der Waals surface area contributed by atoms with E-state index in [1.54, 1.807) is 27.7 Å². The molecule has 21 heavy (non-hydrogen) atoms. The van der Waals surface area contributed by atoms with Gasteiger partial charge in [0.05, 0.1) is 6.61 Å². The highest BCUT2D eigenvalue weighted by Gasteiger charge is 2.55. The molecule has 0 aromatic rings. The van der Waals surface area contributed by atoms with Gasteiger partial charge in [0, 0.05) is 15.4 Å². The fraction of sp³-hybridized carbons (Fsp3) is 0.857. The lowest BCUT2D eigenvalue weighted by Gasteiger charge is -2.40. The maximum absolute atomic E-state index is 12.5. The maximum atomic E-state index is 12.5. The molecule has 0 heterocycles. The van der Waals surface area contributed by atoms with Crippen molar-refractivity contribution in [3.05, 3.63) is 10.4 Å². The van der Waals surface area contributed by atoms with Crippen molar-refractivity contribution in [1.29, 1.82) is 0 Å². The third-order valence-electron chi connectivity index (χ3n) is 3.13. The van der Waals surface area contributed by atoms with E-state index in [0.29, 0.717) is 0 Å². The fourth-order valence-electron chi connectivity index (χ4n) is 1.76. The molecular weight excluding hydrogens is 290 g/mol. The SMILES string of the molecule is CCOC(=O)C(CSC(C)(C)C)(C(=O)N=[N+]=[N-])C(C)(C)C. The lowest BCUT2D eigenvalue weighted by molar-refractivity contribution is -0.165. The minimum Gasteiger partial charge on any atom is -0.465 e. The molecule has 0 spiro atoms. The molecule has 0 aromatic heterocycles. The summed E-state index contributed by atoms with van der Waals surface area (Å²) in [6.45, 7) is 13.2. The summed E-state index contributed by atoms with van der Waals surface area (Å²) < 4.78 is 4.97. The lowest BCUT2D eigenvalue weighted by atomic mass is 9.67. The van der Waals surface area contributed by atoms with E-state index >= 15 is 0 Å². The molecule has 0 aliphatic carbocycles. The van der Waals surface area contributed by atoms with Crippen molar-refractivity contribution in [2.75, 3.05) is 12.4 Å². The van der Waals surface area contributed by atoms with Crippen LogP contribution in [0.25, 0.3) is 10.4 Å². The summed E-state index contributed by atoms with van der Waals surface area (Å²) >= 11 is 1.47. The Labute approximate surface area is 130 Å². The molecule has 7 heteroatoms. The van der Waals surface area contributed by atoms with Crippen molar-refractivity contribution < 1.29 is 14.3 Å². The number of carbonyl (C=O) groups excluding carboxylic acids is 2. The van der Waals surface area contributed by atoms with Gasteiger partial charge in [-0.25, -0.2) is 0 Å². The van der Waals surface area contributed by atoms with Crippen LogP contribution in [0.2, 0.25) is 0 Å². The molecular formula is C14H25N3O3S. The van der Waals surface area contributed by atoms with Crippen molar-refractivity contribution in [3.8, 4) is 0 Å². The average Bonchev–Trinajstić information content (AvgIpc) is 2.26. The Hall–Kier alpha value is -1.20. The lowest BCUT2D eigenvalue weighted by Crippen LogP contribution is -2.52. The quantitative estimate of drug-likeness (QED) is 0.252. The summed E-state index contributed by atoms with van der Waals surface area (Å²) in [5.74, 6) is -1.21. The first-order chi connectivity index (χ1) is 9.42.